The Morgan fingerprint density at radius 2 is 1.86 bits per heavy atom. The van der Waals surface area contributed by atoms with Crippen LogP contribution in [0.25, 0.3) is 0 Å². The second-order valence-electron chi connectivity index (χ2n) is 5.22. The first-order valence-electron chi connectivity index (χ1n) is 7.24. The molecule has 120 valence electrons. The van der Waals surface area contributed by atoms with E-state index >= 15 is 0 Å². The predicted molar refractivity (Wildman–Crippen MR) is 81.7 cm³/mol. The Balaban J connectivity index is 1.72. The Morgan fingerprint density at radius 1 is 1.18 bits per heavy atom. The molecule has 22 heavy (non-hydrogen) atoms. The normalized spacial score (nSPS) is 12.4. The molecule has 0 saturated heterocycles. The fraction of sp³-hybridized carbons (Fsp3) is 0.467. The van der Waals surface area contributed by atoms with Crippen LogP contribution in [-0.4, -0.2) is 45.4 Å². The highest BCUT2D eigenvalue weighted by atomic mass is 16.5. The molecule has 0 amide bonds. The van der Waals surface area contributed by atoms with Gasteiger partial charge in [-0.15, -0.1) is 5.10 Å². The van der Waals surface area contributed by atoms with Crippen molar-refractivity contribution in [1.29, 1.82) is 0 Å². The van der Waals surface area contributed by atoms with Crippen molar-refractivity contribution in [2.24, 2.45) is 0 Å². The summed E-state index contributed by atoms with van der Waals surface area (Å²) in [6.45, 7) is 5.13. The van der Waals surface area contributed by atoms with E-state index in [1.54, 1.807) is 29.2 Å². The largest absolute Gasteiger partial charge is 0.491 e. The highest BCUT2D eigenvalue weighted by Crippen LogP contribution is 2.18. The lowest BCUT2D eigenvalue weighted by Crippen LogP contribution is -2.35. The van der Waals surface area contributed by atoms with E-state index in [9.17, 15) is 5.11 Å². The monoisotopic (exact) mass is 306 g/mol. The van der Waals surface area contributed by atoms with E-state index in [-0.39, 0.29) is 6.61 Å². The molecule has 0 saturated carbocycles. The molecular formula is C15H22N4O3. The molecule has 0 aliphatic heterocycles. The number of benzene rings is 1. The van der Waals surface area contributed by atoms with Gasteiger partial charge in [-0.05, 0) is 24.3 Å². The zero-order valence-corrected chi connectivity index (χ0v) is 12.8. The minimum Gasteiger partial charge on any atom is -0.491 e. The van der Waals surface area contributed by atoms with E-state index in [0.29, 0.717) is 30.8 Å². The Morgan fingerprint density at radius 3 is 2.45 bits per heavy atom. The fourth-order valence-corrected chi connectivity index (χ4v) is 1.70. The third-order valence-electron chi connectivity index (χ3n) is 2.86. The van der Waals surface area contributed by atoms with Crippen LogP contribution in [0, 0.1) is 0 Å². The van der Waals surface area contributed by atoms with Gasteiger partial charge in [0.05, 0.1) is 6.20 Å². The Bertz CT molecular complexity index is 528. The van der Waals surface area contributed by atoms with Gasteiger partial charge in [0.2, 0.25) is 0 Å². The number of nitrogens with one attached hydrogen (secondary N) is 1. The molecule has 1 aromatic heterocycles. The quantitative estimate of drug-likeness (QED) is 0.721. The maximum absolute atomic E-state index is 9.78. The number of aliphatic hydroxyl groups excluding tert-OH is 1. The standard InChI is InChI=1S/C15H22N4O3/c1-12(2)16-9-13(20)10-21-14-3-5-15(6-4-14)22-11-19-8-7-17-18-19/h3-8,12-13,16,20H,9-11H2,1-2H3. The summed E-state index contributed by atoms with van der Waals surface area (Å²) in [6.07, 6.45) is 2.79. The van der Waals surface area contributed by atoms with Gasteiger partial charge in [0.1, 0.15) is 24.2 Å². The van der Waals surface area contributed by atoms with Gasteiger partial charge in [0.25, 0.3) is 0 Å². The summed E-state index contributed by atoms with van der Waals surface area (Å²) >= 11 is 0. The summed E-state index contributed by atoms with van der Waals surface area (Å²) in [5, 5.41) is 20.4. The molecule has 0 aliphatic carbocycles. The molecule has 2 rings (SSSR count). The molecule has 1 heterocycles. The SMILES string of the molecule is CC(C)NCC(O)COc1ccc(OCn2ccnn2)cc1. The maximum Gasteiger partial charge on any atom is 0.182 e. The van der Waals surface area contributed by atoms with Crippen molar-refractivity contribution in [3.63, 3.8) is 0 Å². The van der Waals surface area contributed by atoms with E-state index < -0.39 is 6.10 Å². The maximum atomic E-state index is 9.78. The van der Waals surface area contributed by atoms with Crippen LogP contribution < -0.4 is 14.8 Å². The fourth-order valence-electron chi connectivity index (χ4n) is 1.70. The van der Waals surface area contributed by atoms with E-state index in [2.05, 4.69) is 15.6 Å². The second-order valence-corrected chi connectivity index (χ2v) is 5.22. The molecule has 0 bridgehead atoms. The number of aliphatic hydroxyl groups is 1. The average molecular weight is 306 g/mol. The smallest absolute Gasteiger partial charge is 0.182 e. The third kappa shape index (κ3) is 5.71. The topological polar surface area (TPSA) is 81.4 Å². The molecule has 0 spiro atoms. The number of rotatable bonds is 9. The summed E-state index contributed by atoms with van der Waals surface area (Å²) in [4.78, 5) is 0. The van der Waals surface area contributed by atoms with Crippen molar-refractivity contribution in [1.82, 2.24) is 20.3 Å². The van der Waals surface area contributed by atoms with Gasteiger partial charge in [-0.1, -0.05) is 19.1 Å². The van der Waals surface area contributed by atoms with Gasteiger partial charge in [0.15, 0.2) is 6.73 Å². The lowest BCUT2D eigenvalue weighted by Gasteiger charge is -2.15. The van der Waals surface area contributed by atoms with E-state index in [0.717, 1.165) is 0 Å². The van der Waals surface area contributed by atoms with Crippen LogP contribution in [0.1, 0.15) is 13.8 Å². The van der Waals surface area contributed by atoms with Crippen molar-refractivity contribution in [2.75, 3.05) is 13.2 Å². The summed E-state index contributed by atoms with van der Waals surface area (Å²) in [7, 11) is 0. The minimum atomic E-state index is -0.536. The Labute approximate surface area is 129 Å². The zero-order valence-electron chi connectivity index (χ0n) is 12.8. The van der Waals surface area contributed by atoms with E-state index in [1.807, 2.05) is 26.0 Å². The predicted octanol–water partition coefficient (Wildman–Crippen LogP) is 1.05. The average Bonchev–Trinajstić information content (AvgIpc) is 3.03. The first kappa shape index (κ1) is 16.3. The molecular weight excluding hydrogens is 284 g/mol. The molecule has 2 N–H and O–H groups in total. The summed E-state index contributed by atoms with van der Waals surface area (Å²) in [5.41, 5.74) is 0. The number of nitrogens with zero attached hydrogens (tertiary/aromatic N) is 3. The van der Waals surface area contributed by atoms with Crippen LogP contribution in [0.2, 0.25) is 0 Å². The summed E-state index contributed by atoms with van der Waals surface area (Å²) in [5.74, 6) is 1.40. The molecule has 0 radical (unpaired) electrons. The lowest BCUT2D eigenvalue weighted by molar-refractivity contribution is 0.104. The molecule has 1 atom stereocenters. The molecule has 7 heteroatoms. The van der Waals surface area contributed by atoms with Crippen LogP contribution >= 0.6 is 0 Å². The molecule has 2 aromatic rings. The minimum absolute atomic E-state index is 0.249. The van der Waals surface area contributed by atoms with Crippen LogP contribution in [0.5, 0.6) is 11.5 Å². The van der Waals surface area contributed by atoms with Crippen molar-refractivity contribution in [3.05, 3.63) is 36.7 Å². The first-order valence-corrected chi connectivity index (χ1v) is 7.24. The van der Waals surface area contributed by atoms with Crippen LogP contribution in [0.15, 0.2) is 36.7 Å². The zero-order chi connectivity index (χ0) is 15.8. The van der Waals surface area contributed by atoms with Crippen molar-refractivity contribution >= 4 is 0 Å². The second kappa shape index (κ2) is 8.35. The third-order valence-corrected chi connectivity index (χ3v) is 2.86. The number of ether oxygens (including phenoxy) is 2. The van der Waals surface area contributed by atoms with Crippen molar-refractivity contribution < 1.29 is 14.6 Å². The molecule has 0 fully saturated rings. The highest BCUT2D eigenvalue weighted by molar-refractivity contribution is 5.31. The van der Waals surface area contributed by atoms with Crippen LogP contribution in [-0.2, 0) is 6.73 Å². The lowest BCUT2D eigenvalue weighted by atomic mass is 10.3. The van der Waals surface area contributed by atoms with Gasteiger partial charge in [-0.25, -0.2) is 4.68 Å². The highest BCUT2D eigenvalue weighted by Gasteiger charge is 2.06. The summed E-state index contributed by atoms with van der Waals surface area (Å²) in [6, 6.07) is 7.57. The van der Waals surface area contributed by atoms with E-state index in [1.165, 1.54) is 0 Å². The van der Waals surface area contributed by atoms with E-state index in [4.69, 9.17) is 9.47 Å². The Kier molecular flexibility index (Phi) is 6.17. The molecule has 7 nitrogen and oxygen atoms in total. The van der Waals surface area contributed by atoms with Gasteiger partial charge >= 0.3 is 0 Å². The molecule has 0 aliphatic rings. The molecule has 1 unspecified atom stereocenters. The number of hydrogen-bond donors (Lipinski definition) is 2. The van der Waals surface area contributed by atoms with Crippen LogP contribution in [0.3, 0.4) is 0 Å². The number of hydrogen-bond acceptors (Lipinski definition) is 6. The van der Waals surface area contributed by atoms with Crippen LogP contribution in [0.4, 0.5) is 0 Å². The summed E-state index contributed by atoms with van der Waals surface area (Å²) < 4.78 is 12.7. The van der Waals surface area contributed by atoms with Gasteiger partial charge < -0.3 is 19.9 Å². The number of aromatic nitrogens is 3. The van der Waals surface area contributed by atoms with Gasteiger partial charge in [-0.2, -0.15) is 0 Å². The Hall–Kier alpha value is -2.12. The molecule has 1 aromatic carbocycles. The van der Waals surface area contributed by atoms with Crippen molar-refractivity contribution in [3.8, 4) is 11.5 Å². The first-order chi connectivity index (χ1) is 10.6. The van der Waals surface area contributed by atoms with Gasteiger partial charge in [-0.3, -0.25) is 0 Å². The van der Waals surface area contributed by atoms with Gasteiger partial charge in [0, 0.05) is 18.8 Å². The van der Waals surface area contributed by atoms with Crippen molar-refractivity contribution in [2.45, 2.75) is 32.7 Å².